The van der Waals surface area contributed by atoms with Crippen LogP contribution in [0.1, 0.15) is 20.8 Å². The number of fused-ring (bicyclic) bond motifs is 8. The lowest BCUT2D eigenvalue weighted by atomic mass is 9.49. The molecular weight excluding hydrogens is 400 g/mol. The summed E-state index contributed by atoms with van der Waals surface area (Å²) in [5.41, 5.74) is -7.35. The van der Waals surface area contributed by atoms with Gasteiger partial charge in [-0.25, -0.2) is 4.79 Å². The SMILES string of the molecule is COC1=C(C=O)C(=O)O[C@@]12[C@@H]1O[C@@H]1[C@@]1(O)[C@H]3C(=O)O[C@@H]([C@@H](OC)[C@]12C)[C@@]3(O)C(C)C. The standard InChI is InChI=1S/C20H24O10/c1-7(2)18(24)9-16(23)29-12(18)11(27-5)17(3)19(9,25)13-14(28-13)20(17)10(26-4)8(6-21)15(22)30-20/h6-7,9,11-14,24-25H,1-5H3/t9-,11+,12-,13-,14+,17+,18+,19-,20+/m0/s1. The maximum atomic E-state index is 13.0. The summed E-state index contributed by atoms with van der Waals surface area (Å²) in [5.74, 6) is -3.64. The van der Waals surface area contributed by atoms with Gasteiger partial charge in [0.1, 0.15) is 41.0 Å². The van der Waals surface area contributed by atoms with Crippen LogP contribution in [0.2, 0.25) is 0 Å². The van der Waals surface area contributed by atoms with Crippen LogP contribution < -0.4 is 0 Å². The van der Waals surface area contributed by atoms with Gasteiger partial charge in [-0.05, 0) is 12.8 Å². The van der Waals surface area contributed by atoms with Crippen molar-refractivity contribution in [3.05, 3.63) is 11.3 Å². The van der Waals surface area contributed by atoms with Crippen molar-refractivity contribution in [3.8, 4) is 0 Å². The Labute approximate surface area is 172 Å². The number of carbonyl (C=O) groups excluding carboxylic acids is 3. The summed E-state index contributed by atoms with van der Waals surface area (Å²) >= 11 is 0. The van der Waals surface area contributed by atoms with Gasteiger partial charge in [0.2, 0.25) is 5.60 Å². The second kappa shape index (κ2) is 5.42. The van der Waals surface area contributed by atoms with Crippen molar-refractivity contribution in [2.24, 2.45) is 17.3 Å². The van der Waals surface area contributed by atoms with E-state index in [1.54, 1.807) is 20.8 Å². The van der Waals surface area contributed by atoms with Crippen molar-refractivity contribution in [1.29, 1.82) is 0 Å². The average molecular weight is 424 g/mol. The van der Waals surface area contributed by atoms with E-state index in [1.165, 1.54) is 14.2 Å². The van der Waals surface area contributed by atoms with Crippen LogP contribution in [0.15, 0.2) is 11.3 Å². The zero-order chi connectivity index (χ0) is 22.0. The van der Waals surface area contributed by atoms with Gasteiger partial charge < -0.3 is 33.9 Å². The molecule has 2 saturated heterocycles. The van der Waals surface area contributed by atoms with Crippen molar-refractivity contribution in [2.45, 2.75) is 62.0 Å². The number of aliphatic hydroxyl groups is 2. The Balaban J connectivity index is 1.83. The topological polar surface area (TPSA) is 141 Å². The smallest absolute Gasteiger partial charge is 0.346 e. The van der Waals surface area contributed by atoms with E-state index in [-0.39, 0.29) is 11.3 Å². The Bertz CT molecular complexity index is 911. The first kappa shape index (κ1) is 19.9. The highest BCUT2D eigenvalue weighted by Gasteiger charge is 2.96. The minimum Gasteiger partial charge on any atom is -0.496 e. The van der Waals surface area contributed by atoms with Crippen LogP contribution in [-0.2, 0) is 38.1 Å². The van der Waals surface area contributed by atoms with Gasteiger partial charge in [-0.15, -0.1) is 0 Å². The van der Waals surface area contributed by atoms with Crippen molar-refractivity contribution in [1.82, 2.24) is 0 Å². The maximum Gasteiger partial charge on any atom is 0.346 e. The van der Waals surface area contributed by atoms with Crippen molar-refractivity contribution >= 4 is 18.2 Å². The second-order valence-corrected chi connectivity index (χ2v) is 9.18. The van der Waals surface area contributed by atoms with E-state index in [2.05, 4.69) is 0 Å². The van der Waals surface area contributed by atoms with E-state index in [1.807, 2.05) is 0 Å². The molecule has 0 aromatic heterocycles. The average Bonchev–Trinajstić information content (AvgIpc) is 3.35. The number of carbonyl (C=O) groups is 3. The van der Waals surface area contributed by atoms with Gasteiger partial charge in [0.05, 0.1) is 12.5 Å². The highest BCUT2D eigenvalue weighted by molar-refractivity contribution is 6.10. The molecule has 5 rings (SSSR count). The van der Waals surface area contributed by atoms with Gasteiger partial charge >= 0.3 is 11.9 Å². The van der Waals surface area contributed by atoms with Gasteiger partial charge in [0.25, 0.3) is 0 Å². The zero-order valence-electron chi connectivity index (χ0n) is 17.2. The van der Waals surface area contributed by atoms with Gasteiger partial charge in [-0.1, -0.05) is 13.8 Å². The first-order valence-corrected chi connectivity index (χ1v) is 9.84. The quantitative estimate of drug-likeness (QED) is 0.246. The van der Waals surface area contributed by atoms with E-state index in [9.17, 15) is 24.6 Å². The minimum absolute atomic E-state index is 0.0858. The molecule has 3 heterocycles. The molecule has 0 amide bonds. The molecule has 0 aromatic rings. The summed E-state index contributed by atoms with van der Waals surface area (Å²) in [6.45, 7) is 5.03. The molecule has 0 unspecified atom stereocenters. The lowest BCUT2D eigenvalue weighted by Gasteiger charge is -2.60. The number of hydrogen-bond donors (Lipinski definition) is 2. The molecule has 2 aliphatic carbocycles. The van der Waals surface area contributed by atoms with Crippen molar-refractivity contribution in [3.63, 3.8) is 0 Å². The normalized spacial score (nSPS) is 53.0. The third kappa shape index (κ3) is 1.59. The summed E-state index contributed by atoms with van der Waals surface area (Å²) < 4.78 is 28.2. The highest BCUT2D eigenvalue weighted by Crippen LogP contribution is 2.76. The van der Waals surface area contributed by atoms with E-state index in [0.29, 0.717) is 6.29 Å². The van der Waals surface area contributed by atoms with Crippen LogP contribution in [0.4, 0.5) is 0 Å². The fraction of sp³-hybridized carbons (Fsp3) is 0.750. The number of methoxy groups -OCH3 is 2. The highest BCUT2D eigenvalue weighted by atomic mass is 16.7. The predicted octanol–water partition coefficient (Wildman–Crippen LogP) is -1.14. The molecule has 0 aromatic carbocycles. The lowest BCUT2D eigenvalue weighted by Crippen LogP contribution is -2.79. The Hall–Kier alpha value is -2.01. The molecule has 0 radical (unpaired) electrons. The Morgan fingerprint density at radius 3 is 2.33 bits per heavy atom. The van der Waals surface area contributed by atoms with Crippen LogP contribution in [0.5, 0.6) is 0 Å². The fourth-order valence-electron chi connectivity index (χ4n) is 6.78. The molecule has 164 valence electrons. The number of ether oxygens (including phenoxy) is 5. The molecule has 5 aliphatic rings. The minimum atomic E-state index is -2.02. The maximum absolute atomic E-state index is 13.0. The Morgan fingerprint density at radius 2 is 1.80 bits per heavy atom. The molecule has 2 saturated carbocycles. The lowest BCUT2D eigenvalue weighted by molar-refractivity contribution is -0.312. The van der Waals surface area contributed by atoms with Crippen LogP contribution in [0.3, 0.4) is 0 Å². The van der Waals surface area contributed by atoms with Crippen LogP contribution >= 0.6 is 0 Å². The number of rotatable bonds is 4. The van der Waals surface area contributed by atoms with E-state index in [4.69, 9.17) is 23.7 Å². The monoisotopic (exact) mass is 424 g/mol. The Kier molecular flexibility index (Phi) is 3.60. The third-order valence-corrected chi connectivity index (χ3v) is 8.17. The van der Waals surface area contributed by atoms with Crippen molar-refractivity contribution in [2.75, 3.05) is 14.2 Å². The Morgan fingerprint density at radius 1 is 1.13 bits per heavy atom. The molecule has 2 N–H and O–H groups in total. The van der Waals surface area contributed by atoms with E-state index >= 15 is 0 Å². The van der Waals surface area contributed by atoms with Gasteiger partial charge in [0.15, 0.2) is 18.1 Å². The van der Waals surface area contributed by atoms with E-state index < -0.39 is 70.4 Å². The third-order valence-electron chi connectivity index (χ3n) is 8.17. The molecule has 10 heteroatoms. The molecule has 10 nitrogen and oxygen atoms in total. The van der Waals surface area contributed by atoms with E-state index in [0.717, 1.165) is 0 Å². The number of aldehydes is 1. The summed E-state index contributed by atoms with van der Waals surface area (Å²) in [5, 5.41) is 23.8. The summed E-state index contributed by atoms with van der Waals surface area (Å²) in [4.78, 5) is 37.2. The van der Waals surface area contributed by atoms with Gasteiger partial charge in [-0.3, -0.25) is 9.59 Å². The second-order valence-electron chi connectivity index (χ2n) is 9.18. The number of hydrogen-bond acceptors (Lipinski definition) is 10. The number of epoxide rings is 1. The summed E-state index contributed by atoms with van der Waals surface area (Å²) in [6, 6.07) is 0. The molecule has 3 aliphatic heterocycles. The molecule has 4 fully saturated rings. The van der Waals surface area contributed by atoms with Crippen LogP contribution in [0.25, 0.3) is 0 Å². The van der Waals surface area contributed by atoms with Gasteiger partial charge in [0, 0.05) is 7.11 Å². The summed E-state index contributed by atoms with van der Waals surface area (Å²) in [7, 11) is 2.64. The number of esters is 2. The molecular formula is C20H24O10. The summed E-state index contributed by atoms with van der Waals surface area (Å²) in [6.07, 6.45) is -3.76. The molecule has 9 atom stereocenters. The predicted molar refractivity (Wildman–Crippen MR) is 94.6 cm³/mol. The largest absolute Gasteiger partial charge is 0.496 e. The first-order valence-electron chi connectivity index (χ1n) is 9.84. The van der Waals surface area contributed by atoms with Crippen LogP contribution in [0, 0.1) is 17.3 Å². The first-order chi connectivity index (χ1) is 14.0. The molecule has 1 spiro atoms. The van der Waals surface area contributed by atoms with Gasteiger partial charge in [-0.2, -0.15) is 0 Å². The molecule has 30 heavy (non-hydrogen) atoms. The van der Waals surface area contributed by atoms with Crippen LogP contribution in [-0.4, -0.2) is 83.9 Å². The molecule has 2 bridgehead atoms. The zero-order valence-corrected chi connectivity index (χ0v) is 17.2. The fourth-order valence-corrected chi connectivity index (χ4v) is 6.78. The van der Waals surface area contributed by atoms with Crippen molar-refractivity contribution < 1.29 is 48.3 Å².